The van der Waals surface area contributed by atoms with Crippen molar-refractivity contribution < 1.29 is 4.74 Å². The van der Waals surface area contributed by atoms with Gasteiger partial charge in [-0.3, -0.25) is 0 Å². The second kappa shape index (κ2) is 7.30. The highest BCUT2D eigenvalue weighted by Crippen LogP contribution is 2.32. The molecule has 112 valence electrons. The number of hydrogen-bond donors (Lipinski definition) is 1. The molecule has 21 heavy (non-hydrogen) atoms. The lowest BCUT2D eigenvalue weighted by atomic mass is 9.97. The van der Waals surface area contributed by atoms with Crippen LogP contribution < -0.4 is 10.1 Å². The van der Waals surface area contributed by atoms with Crippen molar-refractivity contribution in [2.75, 3.05) is 13.7 Å². The van der Waals surface area contributed by atoms with Gasteiger partial charge in [-0.2, -0.15) is 0 Å². The minimum atomic E-state index is 0.0696. The molecule has 0 fully saturated rings. The molecule has 1 unspecified atom stereocenters. The van der Waals surface area contributed by atoms with Gasteiger partial charge in [0.1, 0.15) is 5.75 Å². The molecule has 0 heterocycles. The number of hydrogen-bond acceptors (Lipinski definition) is 2. The van der Waals surface area contributed by atoms with Crippen LogP contribution in [0.25, 0.3) is 0 Å². The van der Waals surface area contributed by atoms with E-state index in [2.05, 4.69) is 53.3 Å². The van der Waals surface area contributed by atoms with Crippen LogP contribution in [0, 0.1) is 6.92 Å². The molecule has 0 amide bonds. The van der Waals surface area contributed by atoms with Gasteiger partial charge in [0, 0.05) is 9.50 Å². The van der Waals surface area contributed by atoms with Crippen molar-refractivity contribution in [1.82, 2.24) is 5.32 Å². The number of ether oxygens (including phenoxy) is 1. The fourth-order valence-corrected chi connectivity index (χ4v) is 3.21. The Hall–Kier alpha value is -1.03. The summed E-state index contributed by atoms with van der Waals surface area (Å²) in [6.07, 6.45) is 0. The molecule has 2 aromatic carbocycles. The van der Waals surface area contributed by atoms with E-state index in [4.69, 9.17) is 16.3 Å². The van der Waals surface area contributed by atoms with E-state index in [0.29, 0.717) is 0 Å². The quantitative estimate of drug-likeness (QED) is 0.791. The SMILES string of the molecule is CCNC(c1ccc(OC)c(C)c1)c1ccc(Br)cc1Cl. The Morgan fingerprint density at radius 3 is 2.57 bits per heavy atom. The molecule has 0 aliphatic heterocycles. The zero-order valence-electron chi connectivity index (χ0n) is 12.4. The summed E-state index contributed by atoms with van der Waals surface area (Å²) in [5.74, 6) is 0.899. The first-order valence-electron chi connectivity index (χ1n) is 6.89. The second-order valence-electron chi connectivity index (χ2n) is 4.89. The number of rotatable bonds is 5. The summed E-state index contributed by atoms with van der Waals surface area (Å²) in [6.45, 7) is 5.01. The maximum Gasteiger partial charge on any atom is 0.121 e. The molecule has 0 saturated carbocycles. The monoisotopic (exact) mass is 367 g/mol. The van der Waals surface area contributed by atoms with E-state index in [9.17, 15) is 0 Å². The number of methoxy groups -OCH3 is 1. The molecular formula is C17H19BrClNO. The normalized spacial score (nSPS) is 12.2. The van der Waals surface area contributed by atoms with Crippen molar-refractivity contribution >= 4 is 27.5 Å². The van der Waals surface area contributed by atoms with Crippen LogP contribution in [0.3, 0.4) is 0 Å². The van der Waals surface area contributed by atoms with Crippen molar-refractivity contribution in [1.29, 1.82) is 0 Å². The Labute approximate surface area is 139 Å². The van der Waals surface area contributed by atoms with E-state index in [0.717, 1.165) is 32.9 Å². The third-order valence-electron chi connectivity index (χ3n) is 3.43. The first-order valence-corrected chi connectivity index (χ1v) is 8.06. The van der Waals surface area contributed by atoms with Crippen LogP contribution in [0.1, 0.15) is 29.7 Å². The number of halogens is 2. The first kappa shape index (κ1) is 16.3. The van der Waals surface area contributed by atoms with Crippen LogP contribution in [-0.2, 0) is 0 Å². The summed E-state index contributed by atoms with van der Waals surface area (Å²) in [7, 11) is 1.69. The molecule has 2 nitrogen and oxygen atoms in total. The van der Waals surface area contributed by atoms with Crippen LogP contribution in [0.4, 0.5) is 0 Å². The predicted octanol–water partition coefficient (Wildman–Crippen LogP) is 5.12. The Balaban J connectivity index is 2.45. The summed E-state index contributed by atoms with van der Waals surface area (Å²) in [5.41, 5.74) is 3.37. The van der Waals surface area contributed by atoms with E-state index in [1.807, 2.05) is 18.2 Å². The van der Waals surface area contributed by atoms with Crippen molar-refractivity contribution in [2.45, 2.75) is 19.9 Å². The molecule has 0 radical (unpaired) electrons. The van der Waals surface area contributed by atoms with E-state index in [1.54, 1.807) is 7.11 Å². The van der Waals surface area contributed by atoms with Crippen LogP contribution in [-0.4, -0.2) is 13.7 Å². The standard InChI is InChI=1S/C17H19BrClNO/c1-4-20-17(14-7-6-13(18)10-15(14)19)12-5-8-16(21-3)11(2)9-12/h5-10,17,20H,4H2,1-3H3. The zero-order valence-corrected chi connectivity index (χ0v) is 14.8. The zero-order chi connectivity index (χ0) is 15.4. The number of aryl methyl sites for hydroxylation is 1. The molecule has 0 aliphatic carbocycles. The molecular weight excluding hydrogens is 350 g/mol. The average Bonchev–Trinajstić information content (AvgIpc) is 2.45. The lowest BCUT2D eigenvalue weighted by Crippen LogP contribution is -2.22. The molecule has 0 bridgehead atoms. The lowest BCUT2D eigenvalue weighted by Gasteiger charge is -2.21. The van der Waals surface area contributed by atoms with Gasteiger partial charge >= 0.3 is 0 Å². The van der Waals surface area contributed by atoms with Gasteiger partial charge in [-0.1, -0.05) is 52.7 Å². The predicted molar refractivity (Wildman–Crippen MR) is 92.4 cm³/mol. The fraction of sp³-hybridized carbons (Fsp3) is 0.294. The van der Waals surface area contributed by atoms with Crippen LogP contribution in [0.15, 0.2) is 40.9 Å². The summed E-state index contributed by atoms with van der Waals surface area (Å²) < 4.78 is 6.32. The molecule has 1 N–H and O–H groups in total. The molecule has 0 aliphatic rings. The van der Waals surface area contributed by atoms with Gasteiger partial charge in [0.2, 0.25) is 0 Å². The van der Waals surface area contributed by atoms with Gasteiger partial charge in [-0.25, -0.2) is 0 Å². The molecule has 4 heteroatoms. The highest BCUT2D eigenvalue weighted by molar-refractivity contribution is 9.10. The van der Waals surface area contributed by atoms with E-state index < -0.39 is 0 Å². The van der Waals surface area contributed by atoms with Crippen LogP contribution in [0.5, 0.6) is 5.75 Å². The molecule has 1 atom stereocenters. The van der Waals surface area contributed by atoms with Gasteiger partial charge in [0.05, 0.1) is 13.2 Å². The van der Waals surface area contributed by atoms with Crippen molar-refractivity contribution in [3.8, 4) is 5.75 Å². The van der Waals surface area contributed by atoms with Gasteiger partial charge in [-0.05, 0) is 48.4 Å². The van der Waals surface area contributed by atoms with Gasteiger partial charge in [0.15, 0.2) is 0 Å². The second-order valence-corrected chi connectivity index (χ2v) is 6.21. The largest absolute Gasteiger partial charge is 0.496 e. The molecule has 0 saturated heterocycles. The van der Waals surface area contributed by atoms with Gasteiger partial charge in [0.25, 0.3) is 0 Å². The minimum Gasteiger partial charge on any atom is -0.496 e. The number of nitrogens with one attached hydrogen (secondary N) is 1. The summed E-state index contributed by atoms with van der Waals surface area (Å²) in [6, 6.07) is 12.3. The molecule has 2 rings (SSSR count). The molecule has 2 aromatic rings. The number of benzene rings is 2. The van der Waals surface area contributed by atoms with Gasteiger partial charge < -0.3 is 10.1 Å². The minimum absolute atomic E-state index is 0.0696. The van der Waals surface area contributed by atoms with Crippen molar-refractivity contribution in [3.63, 3.8) is 0 Å². The smallest absolute Gasteiger partial charge is 0.121 e. The molecule has 0 aromatic heterocycles. The van der Waals surface area contributed by atoms with E-state index in [1.165, 1.54) is 5.56 Å². The summed E-state index contributed by atoms with van der Waals surface area (Å²) in [5, 5.41) is 4.25. The van der Waals surface area contributed by atoms with Crippen molar-refractivity contribution in [3.05, 3.63) is 62.6 Å². The average molecular weight is 369 g/mol. The van der Waals surface area contributed by atoms with Gasteiger partial charge in [-0.15, -0.1) is 0 Å². The Morgan fingerprint density at radius 2 is 2.00 bits per heavy atom. The maximum atomic E-state index is 6.41. The van der Waals surface area contributed by atoms with Crippen LogP contribution in [0.2, 0.25) is 5.02 Å². The van der Waals surface area contributed by atoms with Crippen molar-refractivity contribution in [2.24, 2.45) is 0 Å². The Bertz CT molecular complexity index is 630. The van der Waals surface area contributed by atoms with Crippen LogP contribution >= 0.6 is 27.5 Å². The van der Waals surface area contributed by atoms with E-state index >= 15 is 0 Å². The Kier molecular flexibility index (Phi) is 5.68. The van der Waals surface area contributed by atoms with E-state index in [-0.39, 0.29) is 6.04 Å². The summed E-state index contributed by atoms with van der Waals surface area (Å²) in [4.78, 5) is 0. The molecule has 0 spiro atoms. The third kappa shape index (κ3) is 3.79. The highest BCUT2D eigenvalue weighted by Gasteiger charge is 2.17. The topological polar surface area (TPSA) is 21.3 Å². The third-order valence-corrected chi connectivity index (χ3v) is 4.25. The highest BCUT2D eigenvalue weighted by atomic mass is 79.9. The maximum absolute atomic E-state index is 6.41. The Morgan fingerprint density at radius 1 is 1.24 bits per heavy atom. The lowest BCUT2D eigenvalue weighted by molar-refractivity contribution is 0.411. The fourth-order valence-electron chi connectivity index (χ4n) is 2.43. The first-order chi connectivity index (χ1) is 10.1. The summed E-state index contributed by atoms with van der Waals surface area (Å²) >= 11 is 9.86.